The number of halogens is 2. The Morgan fingerprint density at radius 2 is 2.21 bits per heavy atom. The number of rotatable bonds is 3. The minimum Gasteiger partial charge on any atom is -0.455 e. The summed E-state index contributed by atoms with van der Waals surface area (Å²) >= 11 is 5.80. The number of nitrogens with zero attached hydrogens (tertiary/aromatic N) is 1. The second-order valence-corrected chi connectivity index (χ2v) is 3.93. The lowest BCUT2D eigenvalue weighted by atomic mass is 10.3. The highest BCUT2D eigenvalue weighted by Gasteiger charge is 2.11. The summed E-state index contributed by atoms with van der Waals surface area (Å²) in [6, 6.07) is 6.02. The number of benzene rings is 1. The van der Waals surface area contributed by atoms with E-state index >= 15 is 0 Å². The van der Waals surface area contributed by atoms with E-state index in [-0.39, 0.29) is 16.5 Å². The van der Waals surface area contributed by atoms with Crippen molar-refractivity contribution in [1.82, 2.24) is 4.98 Å². The number of ether oxygens (including phenoxy) is 1. The van der Waals surface area contributed by atoms with Crippen molar-refractivity contribution in [2.45, 2.75) is 0 Å². The van der Waals surface area contributed by atoms with E-state index in [1.165, 1.54) is 12.1 Å². The maximum absolute atomic E-state index is 13.5. The Balaban J connectivity index is 2.36. The van der Waals surface area contributed by atoms with E-state index in [4.69, 9.17) is 27.5 Å². The standard InChI is InChI=1S/C12H10ClFN4O/c13-11-9(2-1-8(16)12(11)14)19-7-3-4-17-10(5-7)18-6-15/h1-6H,16H2,(H2,15,17,18). The number of hydrogen-bond donors (Lipinski definition) is 3. The van der Waals surface area contributed by atoms with Gasteiger partial charge in [-0.25, -0.2) is 9.38 Å². The van der Waals surface area contributed by atoms with Gasteiger partial charge in [-0.2, -0.15) is 0 Å². The molecule has 0 spiro atoms. The second kappa shape index (κ2) is 5.53. The lowest BCUT2D eigenvalue weighted by molar-refractivity contribution is 0.476. The van der Waals surface area contributed by atoms with Crippen LogP contribution in [-0.2, 0) is 0 Å². The number of nitrogens with two attached hydrogens (primary N) is 1. The average Bonchev–Trinajstić information content (AvgIpc) is 2.40. The Kier molecular flexibility index (Phi) is 3.82. The van der Waals surface area contributed by atoms with Gasteiger partial charge in [-0.1, -0.05) is 11.6 Å². The van der Waals surface area contributed by atoms with Crippen molar-refractivity contribution in [3.8, 4) is 11.5 Å². The van der Waals surface area contributed by atoms with Gasteiger partial charge in [0.2, 0.25) is 0 Å². The van der Waals surface area contributed by atoms with Crippen molar-refractivity contribution >= 4 is 23.6 Å². The van der Waals surface area contributed by atoms with Crippen LogP contribution in [0.5, 0.6) is 11.5 Å². The Labute approximate surface area is 113 Å². The number of H-pyrrole nitrogens is 1. The lowest BCUT2D eigenvalue weighted by Crippen LogP contribution is -2.06. The van der Waals surface area contributed by atoms with Crippen LogP contribution in [0.3, 0.4) is 0 Å². The number of nitrogen functional groups attached to an aromatic ring is 1. The normalized spacial score (nSPS) is 11.4. The summed E-state index contributed by atoms with van der Waals surface area (Å²) in [5, 5.41) is 6.70. The first-order valence-corrected chi connectivity index (χ1v) is 5.62. The second-order valence-electron chi connectivity index (χ2n) is 3.55. The zero-order chi connectivity index (χ0) is 13.8. The van der Waals surface area contributed by atoms with Crippen molar-refractivity contribution in [1.29, 1.82) is 5.41 Å². The summed E-state index contributed by atoms with van der Waals surface area (Å²) < 4.78 is 19.0. The molecule has 0 aliphatic rings. The van der Waals surface area contributed by atoms with Gasteiger partial charge in [0.05, 0.1) is 5.69 Å². The molecule has 4 N–H and O–H groups in total. The van der Waals surface area contributed by atoms with Gasteiger partial charge in [-0.3, -0.25) is 5.41 Å². The number of aromatic amines is 1. The Bertz CT molecular complexity index is 684. The molecule has 1 aromatic heterocycles. The highest BCUT2D eigenvalue weighted by molar-refractivity contribution is 6.32. The van der Waals surface area contributed by atoms with E-state index in [1.807, 2.05) is 0 Å². The van der Waals surface area contributed by atoms with Gasteiger partial charge in [-0.15, -0.1) is 0 Å². The Morgan fingerprint density at radius 3 is 2.95 bits per heavy atom. The molecule has 0 bridgehead atoms. The van der Waals surface area contributed by atoms with Crippen LogP contribution in [0.4, 0.5) is 10.1 Å². The molecular weight excluding hydrogens is 271 g/mol. The highest BCUT2D eigenvalue weighted by atomic mass is 35.5. The molecule has 0 unspecified atom stereocenters. The first-order chi connectivity index (χ1) is 9.11. The van der Waals surface area contributed by atoms with Gasteiger partial charge in [0.15, 0.2) is 5.82 Å². The molecular formula is C12H10ClFN4O. The molecule has 0 aliphatic heterocycles. The van der Waals surface area contributed by atoms with Crippen LogP contribution in [0.25, 0.3) is 0 Å². The third-order valence-electron chi connectivity index (χ3n) is 2.27. The van der Waals surface area contributed by atoms with Crippen molar-refractivity contribution in [3.05, 3.63) is 46.8 Å². The third kappa shape index (κ3) is 2.92. The highest BCUT2D eigenvalue weighted by Crippen LogP contribution is 2.33. The zero-order valence-corrected chi connectivity index (χ0v) is 10.4. The first kappa shape index (κ1) is 13.1. The minimum absolute atomic E-state index is 0.0433. The molecule has 98 valence electrons. The van der Waals surface area contributed by atoms with E-state index in [1.54, 1.807) is 18.3 Å². The fourth-order valence-corrected chi connectivity index (χ4v) is 1.60. The Morgan fingerprint density at radius 1 is 1.42 bits per heavy atom. The van der Waals surface area contributed by atoms with Crippen molar-refractivity contribution in [3.63, 3.8) is 0 Å². The molecule has 0 amide bonds. The van der Waals surface area contributed by atoms with E-state index in [9.17, 15) is 4.39 Å². The molecule has 0 saturated heterocycles. The largest absolute Gasteiger partial charge is 0.455 e. The molecule has 0 aliphatic carbocycles. The van der Waals surface area contributed by atoms with Crippen molar-refractivity contribution in [2.24, 2.45) is 4.99 Å². The van der Waals surface area contributed by atoms with Crippen LogP contribution in [0.1, 0.15) is 0 Å². The predicted octanol–water partition coefficient (Wildman–Crippen LogP) is 2.69. The van der Waals surface area contributed by atoms with Gasteiger partial charge in [0.1, 0.15) is 28.3 Å². The number of aromatic nitrogens is 1. The maximum Gasteiger partial charge on any atom is 0.168 e. The number of anilines is 1. The van der Waals surface area contributed by atoms with Gasteiger partial charge in [0.25, 0.3) is 0 Å². The molecule has 2 rings (SSSR count). The van der Waals surface area contributed by atoms with Crippen LogP contribution in [0.15, 0.2) is 35.5 Å². The fourth-order valence-electron chi connectivity index (χ4n) is 1.39. The summed E-state index contributed by atoms with van der Waals surface area (Å²) in [5.41, 5.74) is 5.77. The van der Waals surface area contributed by atoms with Crippen molar-refractivity contribution in [2.75, 3.05) is 5.73 Å². The molecule has 0 radical (unpaired) electrons. The van der Waals surface area contributed by atoms with E-state index < -0.39 is 5.82 Å². The fraction of sp³-hybridized carbons (Fsp3) is 0. The van der Waals surface area contributed by atoms with Gasteiger partial charge < -0.3 is 15.5 Å². The predicted molar refractivity (Wildman–Crippen MR) is 71.0 cm³/mol. The summed E-state index contributed by atoms with van der Waals surface area (Å²) in [6.45, 7) is 0. The topological polar surface area (TPSA) is 87.2 Å². The molecule has 1 heterocycles. The summed E-state index contributed by atoms with van der Waals surface area (Å²) in [4.78, 5) is 6.55. The quantitative estimate of drug-likeness (QED) is 0.458. The molecule has 19 heavy (non-hydrogen) atoms. The van der Waals surface area contributed by atoms with Gasteiger partial charge >= 0.3 is 0 Å². The van der Waals surface area contributed by atoms with E-state index in [0.717, 1.165) is 6.34 Å². The van der Waals surface area contributed by atoms with Gasteiger partial charge in [-0.05, 0) is 18.2 Å². The lowest BCUT2D eigenvalue weighted by Gasteiger charge is -2.08. The smallest absolute Gasteiger partial charge is 0.168 e. The summed E-state index contributed by atoms with van der Waals surface area (Å²) in [7, 11) is 0. The summed E-state index contributed by atoms with van der Waals surface area (Å²) in [6.07, 6.45) is 2.48. The number of hydrogen-bond acceptors (Lipinski definition) is 3. The molecule has 0 atom stereocenters. The molecule has 5 nitrogen and oxygen atoms in total. The number of nitrogens with one attached hydrogen (secondary N) is 2. The molecule has 0 fully saturated rings. The minimum atomic E-state index is -0.717. The van der Waals surface area contributed by atoms with Crippen LogP contribution >= 0.6 is 11.6 Å². The average molecular weight is 281 g/mol. The molecule has 1 aromatic carbocycles. The third-order valence-corrected chi connectivity index (χ3v) is 2.62. The molecule has 0 saturated carbocycles. The first-order valence-electron chi connectivity index (χ1n) is 5.24. The monoisotopic (exact) mass is 280 g/mol. The van der Waals surface area contributed by atoms with Crippen LogP contribution in [0, 0.1) is 11.2 Å². The molecule has 2 aromatic rings. The zero-order valence-electron chi connectivity index (χ0n) is 9.65. The maximum atomic E-state index is 13.5. The Hall–Kier alpha value is -2.34. The molecule has 7 heteroatoms. The van der Waals surface area contributed by atoms with E-state index in [2.05, 4.69) is 9.98 Å². The number of pyridine rings is 1. The van der Waals surface area contributed by atoms with Crippen LogP contribution in [-0.4, -0.2) is 11.3 Å². The van der Waals surface area contributed by atoms with E-state index in [0.29, 0.717) is 11.2 Å². The van der Waals surface area contributed by atoms with Gasteiger partial charge in [0, 0.05) is 12.3 Å². The SMILES string of the molecule is N=C/N=c1/cc(Oc2ccc(N)c(F)c2Cl)cc[nH]1. The van der Waals surface area contributed by atoms with Crippen molar-refractivity contribution < 1.29 is 9.13 Å². The van der Waals surface area contributed by atoms with Crippen LogP contribution in [0.2, 0.25) is 5.02 Å². The summed E-state index contributed by atoms with van der Waals surface area (Å²) in [5.74, 6) is -0.156. The van der Waals surface area contributed by atoms with Crippen LogP contribution < -0.4 is 16.0 Å².